The summed E-state index contributed by atoms with van der Waals surface area (Å²) < 4.78 is 30.2. The molecular formula is C28H26N4O3S2. The van der Waals surface area contributed by atoms with Gasteiger partial charge in [-0.05, 0) is 47.5 Å². The molecule has 0 aliphatic rings. The minimum absolute atomic E-state index is 0.121. The van der Waals surface area contributed by atoms with Crippen molar-refractivity contribution in [3.8, 4) is 10.4 Å². The molecule has 0 aliphatic heterocycles. The van der Waals surface area contributed by atoms with Crippen LogP contribution in [0.25, 0.3) is 21.6 Å². The Bertz CT molecular complexity index is 1670. The highest BCUT2D eigenvalue weighted by Crippen LogP contribution is 2.35. The molecule has 0 fully saturated rings. The highest BCUT2D eigenvalue weighted by atomic mass is 32.2. The van der Waals surface area contributed by atoms with Crippen LogP contribution in [0.3, 0.4) is 0 Å². The van der Waals surface area contributed by atoms with E-state index in [4.69, 9.17) is 4.98 Å². The number of rotatable bonds is 8. The van der Waals surface area contributed by atoms with Crippen molar-refractivity contribution < 1.29 is 13.2 Å². The number of pyridine rings is 1. The molecule has 0 spiro atoms. The van der Waals surface area contributed by atoms with E-state index < -0.39 is 15.1 Å². The fourth-order valence-corrected chi connectivity index (χ4v) is 6.16. The van der Waals surface area contributed by atoms with Crippen molar-refractivity contribution in [2.75, 3.05) is 4.72 Å². The lowest BCUT2D eigenvalue weighted by molar-refractivity contribution is 0.107. The number of imidazole rings is 1. The molecule has 37 heavy (non-hydrogen) atoms. The molecule has 3 heterocycles. The van der Waals surface area contributed by atoms with Crippen molar-refractivity contribution in [1.82, 2.24) is 14.5 Å². The molecule has 0 saturated carbocycles. The first-order chi connectivity index (χ1) is 17.9. The molecule has 3 aromatic heterocycles. The van der Waals surface area contributed by atoms with E-state index in [-0.39, 0.29) is 5.56 Å². The molecule has 5 rings (SSSR count). The quantitative estimate of drug-likeness (QED) is 0.264. The van der Waals surface area contributed by atoms with Crippen molar-refractivity contribution >= 4 is 43.3 Å². The van der Waals surface area contributed by atoms with Crippen LogP contribution in [-0.2, 0) is 23.0 Å². The summed E-state index contributed by atoms with van der Waals surface area (Å²) in [7, 11) is -4.24. The van der Waals surface area contributed by atoms with Gasteiger partial charge in [0.1, 0.15) is 11.3 Å². The summed E-state index contributed by atoms with van der Waals surface area (Å²) in [5.74, 6) is 1.02. The van der Waals surface area contributed by atoms with Crippen molar-refractivity contribution in [1.29, 1.82) is 0 Å². The number of fused-ring (bicyclic) bond motifs is 1. The maximum Gasteiger partial charge on any atom is 0.300 e. The number of aryl methyl sites for hydroxylation is 2. The highest BCUT2D eigenvalue weighted by Gasteiger charge is 2.25. The third-order valence-electron chi connectivity index (χ3n) is 6.11. The predicted molar refractivity (Wildman–Crippen MR) is 148 cm³/mol. The number of sulfonamides is 1. The second kappa shape index (κ2) is 10.3. The highest BCUT2D eigenvalue weighted by molar-refractivity contribution is 8.07. The van der Waals surface area contributed by atoms with Crippen LogP contribution < -0.4 is 4.72 Å². The lowest BCUT2D eigenvalue weighted by Gasteiger charge is -2.11. The Balaban J connectivity index is 1.39. The van der Waals surface area contributed by atoms with E-state index in [0.29, 0.717) is 12.2 Å². The molecule has 0 atom stereocenters. The van der Waals surface area contributed by atoms with Gasteiger partial charge in [0.05, 0.1) is 17.1 Å². The Labute approximate surface area is 219 Å². The van der Waals surface area contributed by atoms with E-state index in [1.165, 1.54) is 23.5 Å². The molecule has 1 N–H and O–H groups in total. The zero-order valence-corrected chi connectivity index (χ0v) is 22.1. The van der Waals surface area contributed by atoms with Crippen LogP contribution in [0.5, 0.6) is 0 Å². The summed E-state index contributed by atoms with van der Waals surface area (Å²) >= 11 is 1.41. The fraction of sp³-hybridized carbons (Fsp3) is 0.179. The second-order valence-electron chi connectivity index (χ2n) is 8.78. The maximum atomic E-state index is 12.8. The maximum absolute atomic E-state index is 12.8. The molecule has 9 heteroatoms. The zero-order chi connectivity index (χ0) is 26.0. The van der Waals surface area contributed by atoms with Crippen LogP contribution in [0, 0.1) is 6.92 Å². The number of nitrogens with one attached hydrogen (secondary N) is 1. The summed E-state index contributed by atoms with van der Waals surface area (Å²) in [6, 6.07) is 19.6. The van der Waals surface area contributed by atoms with Gasteiger partial charge in [0, 0.05) is 18.2 Å². The monoisotopic (exact) mass is 530 g/mol. The zero-order valence-electron chi connectivity index (χ0n) is 20.5. The number of nitrogens with zero attached hydrogens (tertiary/aromatic N) is 3. The van der Waals surface area contributed by atoms with E-state index >= 15 is 0 Å². The average molecular weight is 531 g/mol. The molecule has 0 radical (unpaired) electrons. The fourth-order valence-electron chi connectivity index (χ4n) is 4.24. The molecule has 188 valence electrons. The Hall–Kier alpha value is -3.82. The van der Waals surface area contributed by atoms with Crippen molar-refractivity contribution in [2.24, 2.45) is 0 Å². The number of anilines is 1. The number of carbonyl (C=O) groups is 1. The van der Waals surface area contributed by atoms with Crippen LogP contribution >= 0.6 is 11.3 Å². The van der Waals surface area contributed by atoms with E-state index in [1.54, 1.807) is 29.6 Å². The van der Waals surface area contributed by atoms with Gasteiger partial charge in [0.2, 0.25) is 0 Å². The third-order valence-corrected chi connectivity index (χ3v) is 8.28. The van der Waals surface area contributed by atoms with E-state index in [1.807, 2.05) is 43.5 Å². The van der Waals surface area contributed by atoms with Gasteiger partial charge in [0.25, 0.3) is 5.12 Å². The Morgan fingerprint density at radius 1 is 1.03 bits per heavy atom. The van der Waals surface area contributed by atoms with Crippen LogP contribution in [0.1, 0.15) is 40.7 Å². The molecule has 2 aromatic carbocycles. The Morgan fingerprint density at radius 2 is 1.78 bits per heavy atom. The summed E-state index contributed by atoms with van der Waals surface area (Å²) in [6.07, 6.45) is 3.68. The molecule has 0 saturated heterocycles. The molecule has 7 nitrogen and oxygen atoms in total. The first kappa shape index (κ1) is 24.9. The summed E-state index contributed by atoms with van der Waals surface area (Å²) in [5.41, 5.74) is 5.37. The Morgan fingerprint density at radius 3 is 2.51 bits per heavy atom. The number of benzene rings is 2. The lowest BCUT2D eigenvalue weighted by atomic mass is 10.1. The molecule has 0 bridgehead atoms. The van der Waals surface area contributed by atoms with Gasteiger partial charge in [-0.25, -0.2) is 9.97 Å². The van der Waals surface area contributed by atoms with Gasteiger partial charge in [-0.1, -0.05) is 61.5 Å². The summed E-state index contributed by atoms with van der Waals surface area (Å²) in [4.78, 5) is 22.7. The van der Waals surface area contributed by atoms with Gasteiger partial charge in [-0.3, -0.25) is 9.52 Å². The van der Waals surface area contributed by atoms with Crippen LogP contribution in [0.2, 0.25) is 0 Å². The first-order valence-corrected chi connectivity index (χ1v) is 14.3. The number of hydrogen-bond donors (Lipinski definition) is 1. The van der Waals surface area contributed by atoms with Crippen LogP contribution in [-0.4, -0.2) is 28.1 Å². The van der Waals surface area contributed by atoms with Crippen molar-refractivity contribution in [3.05, 3.63) is 101 Å². The Kier molecular flexibility index (Phi) is 6.90. The van der Waals surface area contributed by atoms with Crippen molar-refractivity contribution in [2.45, 2.75) is 33.2 Å². The lowest BCUT2D eigenvalue weighted by Crippen LogP contribution is -2.23. The molecule has 0 unspecified atom stereocenters. The summed E-state index contributed by atoms with van der Waals surface area (Å²) in [5, 5.41) is 0.844. The molecule has 5 aromatic rings. The van der Waals surface area contributed by atoms with E-state index in [9.17, 15) is 13.2 Å². The SMILES string of the molecule is CCCc1nc2c(C)ccnc2n1Cc1ccc(-c2sccc2NS(=O)(=O)C(=O)c2ccccc2)cc1. The molecule has 0 amide bonds. The summed E-state index contributed by atoms with van der Waals surface area (Å²) in [6.45, 7) is 4.82. The van der Waals surface area contributed by atoms with E-state index in [2.05, 4.69) is 21.2 Å². The third kappa shape index (κ3) is 5.05. The van der Waals surface area contributed by atoms with Crippen LogP contribution in [0.15, 0.2) is 78.3 Å². The second-order valence-corrected chi connectivity index (χ2v) is 11.3. The standard InChI is InChI=1S/C28H26N4O3S2/c1-3-7-24-30-25-19(2)14-16-29-27(25)32(24)18-20-10-12-21(13-11-20)26-23(15-17-36-26)31-37(34,35)28(33)22-8-5-4-6-9-22/h4-6,8-17,31H,3,7,18H2,1-2H3. The predicted octanol–water partition coefficient (Wildman–Crippen LogP) is 6.05. The smallest absolute Gasteiger partial charge is 0.300 e. The minimum atomic E-state index is -4.24. The largest absolute Gasteiger partial charge is 0.308 e. The van der Waals surface area contributed by atoms with Gasteiger partial charge < -0.3 is 4.57 Å². The van der Waals surface area contributed by atoms with Crippen molar-refractivity contribution in [3.63, 3.8) is 0 Å². The van der Waals surface area contributed by atoms with Crippen LogP contribution in [0.4, 0.5) is 5.69 Å². The van der Waals surface area contributed by atoms with Gasteiger partial charge in [0.15, 0.2) is 5.65 Å². The van der Waals surface area contributed by atoms with E-state index in [0.717, 1.165) is 51.4 Å². The molecular weight excluding hydrogens is 504 g/mol. The number of thiophene rings is 1. The number of aromatic nitrogens is 3. The number of carbonyl (C=O) groups excluding carboxylic acids is 1. The minimum Gasteiger partial charge on any atom is -0.308 e. The number of hydrogen-bond acceptors (Lipinski definition) is 6. The normalized spacial score (nSPS) is 11.6. The van der Waals surface area contributed by atoms with Gasteiger partial charge >= 0.3 is 10.0 Å². The average Bonchev–Trinajstić information content (AvgIpc) is 3.50. The first-order valence-electron chi connectivity index (χ1n) is 12.0. The topological polar surface area (TPSA) is 93.9 Å². The van der Waals surface area contributed by atoms with Gasteiger partial charge in [-0.2, -0.15) is 8.42 Å². The van der Waals surface area contributed by atoms with Gasteiger partial charge in [-0.15, -0.1) is 11.3 Å². The molecule has 0 aliphatic carbocycles.